The molecule has 0 aromatic heterocycles. The summed E-state index contributed by atoms with van der Waals surface area (Å²) < 4.78 is 0. The first-order valence-electron chi connectivity index (χ1n) is 7.99. The maximum absolute atomic E-state index is 12.2. The van der Waals surface area contributed by atoms with E-state index in [4.69, 9.17) is 0 Å². The molecule has 2 N–H and O–H groups in total. The zero-order chi connectivity index (χ0) is 17.6. The number of phenolic OH excluding ortho intramolecular Hbond substituents is 1. The van der Waals surface area contributed by atoms with Crippen LogP contribution in [-0.4, -0.2) is 11.0 Å². The summed E-state index contributed by atoms with van der Waals surface area (Å²) in [5.41, 5.74) is 3.59. The Hall–Kier alpha value is -2.72. The fourth-order valence-electron chi connectivity index (χ4n) is 2.34. The first kappa shape index (κ1) is 17.1. The SMILES string of the molecule is Cc1ccc(SCc2ccc(C(=O)Nc3cccc(O)c3)cc2)cc1. The molecule has 0 heterocycles. The third kappa shape index (κ3) is 4.88. The number of hydrogen-bond donors (Lipinski definition) is 2. The van der Waals surface area contributed by atoms with E-state index in [1.165, 1.54) is 22.1 Å². The molecule has 4 heteroatoms. The fraction of sp³-hybridized carbons (Fsp3) is 0.0952. The second-order valence-corrected chi connectivity index (χ2v) is 6.85. The zero-order valence-corrected chi connectivity index (χ0v) is 14.7. The average Bonchev–Trinajstić information content (AvgIpc) is 2.62. The molecule has 1 amide bonds. The van der Waals surface area contributed by atoms with Crippen molar-refractivity contribution in [2.24, 2.45) is 0 Å². The zero-order valence-electron chi connectivity index (χ0n) is 13.9. The summed E-state index contributed by atoms with van der Waals surface area (Å²) in [4.78, 5) is 13.5. The number of carbonyl (C=O) groups excluding carboxylic acids is 1. The van der Waals surface area contributed by atoms with Gasteiger partial charge >= 0.3 is 0 Å². The molecule has 0 spiro atoms. The highest BCUT2D eigenvalue weighted by Gasteiger charge is 2.06. The van der Waals surface area contributed by atoms with E-state index in [9.17, 15) is 9.90 Å². The summed E-state index contributed by atoms with van der Waals surface area (Å²) in [5.74, 6) is 0.793. The van der Waals surface area contributed by atoms with Gasteiger partial charge in [-0.3, -0.25) is 4.79 Å². The van der Waals surface area contributed by atoms with E-state index in [-0.39, 0.29) is 11.7 Å². The van der Waals surface area contributed by atoms with E-state index < -0.39 is 0 Å². The lowest BCUT2D eigenvalue weighted by atomic mass is 10.1. The van der Waals surface area contributed by atoms with Gasteiger partial charge in [-0.05, 0) is 48.9 Å². The van der Waals surface area contributed by atoms with Crippen LogP contribution in [0.1, 0.15) is 21.5 Å². The number of carbonyl (C=O) groups is 1. The quantitative estimate of drug-likeness (QED) is 0.619. The molecule has 0 saturated carbocycles. The molecule has 3 nitrogen and oxygen atoms in total. The third-order valence-corrected chi connectivity index (χ3v) is 4.83. The number of benzene rings is 3. The van der Waals surface area contributed by atoms with Gasteiger partial charge in [0.25, 0.3) is 5.91 Å². The van der Waals surface area contributed by atoms with Crippen LogP contribution in [0, 0.1) is 6.92 Å². The van der Waals surface area contributed by atoms with Crippen molar-refractivity contribution in [2.45, 2.75) is 17.6 Å². The van der Waals surface area contributed by atoms with E-state index in [2.05, 4.69) is 36.5 Å². The minimum atomic E-state index is -0.191. The molecule has 3 rings (SSSR count). The van der Waals surface area contributed by atoms with Crippen LogP contribution in [-0.2, 0) is 5.75 Å². The van der Waals surface area contributed by atoms with Crippen LogP contribution in [0.3, 0.4) is 0 Å². The number of aromatic hydroxyl groups is 1. The molecule has 0 atom stereocenters. The van der Waals surface area contributed by atoms with Crippen LogP contribution in [0.25, 0.3) is 0 Å². The van der Waals surface area contributed by atoms with E-state index in [0.29, 0.717) is 11.3 Å². The van der Waals surface area contributed by atoms with Crippen molar-refractivity contribution in [1.82, 2.24) is 0 Å². The Bertz CT molecular complexity index is 858. The van der Waals surface area contributed by atoms with Gasteiger partial charge < -0.3 is 10.4 Å². The predicted octanol–water partition coefficient (Wildman–Crippen LogP) is 5.25. The monoisotopic (exact) mass is 349 g/mol. The van der Waals surface area contributed by atoms with Crippen molar-refractivity contribution in [3.8, 4) is 5.75 Å². The van der Waals surface area contributed by atoms with Gasteiger partial charge in [-0.1, -0.05) is 35.9 Å². The molecule has 126 valence electrons. The summed E-state index contributed by atoms with van der Waals surface area (Å²) in [5, 5.41) is 12.2. The van der Waals surface area contributed by atoms with E-state index >= 15 is 0 Å². The highest BCUT2D eigenvalue weighted by atomic mass is 32.2. The molecular formula is C21H19NO2S. The van der Waals surface area contributed by atoms with E-state index in [1.54, 1.807) is 30.0 Å². The maximum atomic E-state index is 12.2. The first-order chi connectivity index (χ1) is 12.1. The second kappa shape index (κ2) is 7.90. The number of nitrogens with one attached hydrogen (secondary N) is 1. The predicted molar refractivity (Wildman–Crippen MR) is 103 cm³/mol. The Kier molecular flexibility index (Phi) is 5.41. The van der Waals surface area contributed by atoms with E-state index in [1.807, 2.05) is 24.3 Å². The van der Waals surface area contributed by atoms with Crippen LogP contribution in [0.4, 0.5) is 5.69 Å². The van der Waals surface area contributed by atoms with Crippen molar-refractivity contribution < 1.29 is 9.90 Å². The number of aryl methyl sites for hydroxylation is 1. The molecule has 0 unspecified atom stereocenters. The Labute approximate surface area is 151 Å². The van der Waals surface area contributed by atoms with Crippen molar-refractivity contribution in [1.29, 1.82) is 0 Å². The Morgan fingerprint density at radius 3 is 2.40 bits per heavy atom. The number of hydrogen-bond acceptors (Lipinski definition) is 3. The number of anilines is 1. The van der Waals surface area contributed by atoms with Gasteiger partial charge in [0.15, 0.2) is 0 Å². The largest absolute Gasteiger partial charge is 0.508 e. The number of thioether (sulfide) groups is 1. The molecular weight excluding hydrogens is 330 g/mol. The lowest BCUT2D eigenvalue weighted by molar-refractivity contribution is 0.102. The molecule has 0 aliphatic heterocycles. The molecule has 3 aromatic carbocycles. The van der Waals surface area contributed by atoms with Gasteiger partial charge in [0.05, 0.1) is 0 Å². The summed E-state index contributed by atoms with van der Waals surface area (Å²) in [6.07, 6.45) is 0. The van der Waals surface area contributed by atoms with Gasteiger partial charge in [0, 0.05) is 28.0 Å². The molecule has 0 aliphatic rings. The lowest BCUT2D eigenvalue weighted by Crippen LogP contribution is -2.11. The molecule has 0 radical (unpaired) electrons. The highest BCUT2D eigenvalue weighted by molar-refractivity contribution is 7.98. The summed E-state index contributed by atoms with van der Waals surface area (Å²) in [7, 11) is 0. The highest BCUT2D eigenvalue weighted by Crippen LogP contribution is 2.23. The number of phenols is 1. The van der Waals surface area contributed by atoms with Crippen molar-refractivity contribution in [3.63, 3.8) is 0 Å². The van der Waals surface area contributed by atoms with Crippen LogP contribution in [0.5, 0.6) is 5.75 Å². The Morgan fingerprint density at radius 1 is 1.00 bits per heavy atom. The molecule has 3 aromatic rings. The van der Waals surface area contributed by atoms with Crippen molar-refractivity contribution in [3.05, 3.63) is 89.5 Å². The van der Waals surface area contributed by atoms with Crippen LogP contribution in [0.15, 0.2) is 77.7 Å². The Balaban J connectivity index is 1.59. The molecule has 0 saturated heterocycles. The fourth-order valence-corrected chi connectivity index (χ4v) is 3.19. The third-order valence-electron chi connectivity index (χ3n) is 3.75. The summed E-state index contributed by atoms with van der Waals surface area (Å²) >= 11 is 1.77. The minimum absolute atomic E-state index is 0.126. The van der Waals surface area contributed by atoms with Gasteiger partial charge in [-0.2, -0.15) is 0 Å². The van der Waals surface area contributed by atoms with Gasteiger partial charge in [-0.25, -0.2) is 0 Å². The number of amides is 1. The molecule has 0 bridgehead atoms. The smallest absolute Gasteiger partial charge is 0.255 e. The number of rotatable bonds is 5. The van der Waals surface area contributed by atoms with E-state index in [0.717, 1.165) is 5.75 Å². The van der Waals surface area contributed by atoms with Crippen molar-refractivity contribution in [2.75, 3.05) is 5.32 Å². The standard InChI is InChI=1S/C21H19NO2S/c1-15-5-11-20(12-6-15)25-14-16-7-9-17(10-8-16)21(24)22-18-3-2-4-19(23)13-18/h2-13,23H,14H2,1H3,(H,22,24). The first-order valence-corrected chi connectivity index (χ1v) is 8.97. The Morgan fingerprint density at radius 2 is 1.72 bits per heavy atom. The summed E-state index contributed by atoms with van der Waals surface area (Å²) in [6.45, 7) is 2.08. The molecule has 25 heavy (non-hydrogen) atoms. The van der Waals surface area contributed by atoms with Gasteiger partial charge in [0.1, 0.15) is 5.75 Å². The van der Waals surface area contributed by atoms with Gasteiger partial charge in [-0.15, -0.1) is 11.8 Å². The van der Waals surface area contributed by atoms with Gasteiger partial charge in [0.2, 0.25) is 0 Å². The van der Waals surface area contributed by atoms with Crippen molar-refractivity contribution >= 4 is 23.4 Å². The summed E-state index contributed by atoms with van der Waals surface area (Å²) in [6, 6.07) is 22.6. The van der Waals surface area contributed by atoms with Crippen LogP contribution >= 0.6 is 11.8 Å². The molecule has 0 aliphatic carbocycles. The average molecular weight is 349 g/mol. The normalized spacial score (nSPS) is 10.4. The minimum Gasteiger partial charge on any atom is -0.508 e. The second-order valence-electron chi connectivity index (χ2n) is 5.80. The van der Waals surface area contributed by atoms with Crippen LogP contribution in [0.2, 0.25) is 0 Å². The lowest BCUT2D eigenvalue weighted by Gasteiger charge is -2.07. The molecule has 0 fully saturated rings. The van der Waals surface area contributed by atoms with Crippen LogP contribution < -0.4 is 5.32 Å². The topological polar surface area (TPSA) is 49.3 Å². The maximum Gasteiger partial charge on any atom is 0.255 e.